The third kappa shape index (κ3) is 1.29. The van der Waals surface area contributed by atoms with Gasteiger partial charge in [0.05, 0.1) is 5.92 Å². The Morgan fingerprint density at radius 3 is 2.40 bits per heavy atom. The number of hydrogen-bond acceptors (Lipinski definition) is 1. The molecule has 1 heterocycles. The summed E-state index contributed by atoms with van der Waals surface area (Å²) in [4.78, 5) is 14.3. The molecule has 1 aromatic rings. The number of carbonyl (C=O) groups is 1. The number of rotatable bonds is 2. The molecule has 1 fully saturated rings. The van der Waals surface area contributed by atoms with E-state index in [0.717, 1.165) is 5.69 Å². The van der Waals surface area contributed by atoms with Crippen molar-refractivity contribution in [1.82, 2.24) is 4.98 Å². The summed E-state index contributed by atoms with van der Waals surface area (Å²) in [5.74, 6) is -0.739. The maximum absolute atomic E-state index is 11.1. The molecule has 0 aliphatic heterocycles. The Labute approximate surface area is 89.5 Å². The van der Waals surface area contributed by atoms with E-state index in [1.54, 1.807) is 0 Å². The highest BCUT2D eigenvalue weighted by Crippen LogP contribution is 2.65. The van der Waals surface area contributed by atoms with Crippen molar-refractivity contribution >= 4 is 5.97 Å². The van der Waals surface area contributed by atoms with Gasteiger partial charge < -0.3 is 10.1 Å². The topological polar surface area (TPSA) is 53.1 Å². The Morgan fingerprint density at radius 1 is 1.47 bits per heavy atom. The van der Waals surface area contributed by atoms with Gasteiger partial charge in [0.25, 0.3) is 0 Å². The highest BCUT2D eigenvalue weighted by molar-refractivity contribution is 5.78. The van der Waals surface area contributed by atoms with Crippen LogP contribution in [-0.2, 0) is 4.79 Å². The van der Waals surface area contributed by atoms with Crippen molar-refractivity contribution in [3.63, 3.8) is 0 Å². The van der Waals surface area contributed by atoms with Crippen molar-refractivity contribution in [3.05, 3.63) is 23.0 Å². The lowest BCUT2D eigenvalue weighted by atomic mass is 10.0. The number of nitrogens with one attached hydrogen (secondary N) is 1. The first-order valence-corrected chi connectivity index (χ1v) is 5.24. The van der Waals surface area contributed by atoms with Gasteiger partial charge in [-0.05, 0) is 30.4 Å². The van der Waals surface area contributed by atoms with E-state index >= 15 is 0 Å². The van der Waals surface area contributed by atoms with Crippen molar-refractivity contribution < 1.29 is 9.90 Å². The molecular formula is C12H17NO2. The van der Waals surface area contributed by atoms with E-state index in [1.165, 1.54) is 11.1 Å². The Kier molecular flexibility index (Phi) is 1.97. The molecule has 2 rings (SSSR count). The molecule has 1 aliphatic rings. The summed E-state index contributed by atoms with van der Waals surface area (Å²) in [7, 11) is 0. The lowest BCUT2D eigenvalue weighted by Gasteiger charge is -2.03. The van der Waals surface area contributed by atoms with Crippen LogP contribution < -0.4 is 0 Å². The predicted molar refractivity (Wildman–Crippen MR) is 57.9 cm³/mol. The smallest absolute Gasteiger partial charge is 0.307 e. The van der Waals surface area contributed by atoms with Gasteiger partial charge in [-0.2, -0.15) is 0 Å². The fourth-order valence-corrected chi connectivity index (χ4v) is 2.78. The van der Waals surface area contributed by atoms with Crippen LogP contribution in [0.4, 0.5) is 0 Å². The summed E-state index contributed by atoms with van der Waals surface area (Å²) < 4.78 is 0. The molecule has 2 N–H and O–H groups in total. The van der Waals surface area contributed by atoms with Crippen LogP contribution in [0.25, 0.3) is 0 Å². The van der Waals surface area contributed by atoms with Crippen LogP contribution in [0.2, 0.25) is 0 Å². The zero-order chi connectivity index (χ0) is 11.4. The molecule has 2 atom stereocenters. The average Bonchev–Trinajstić information content (AvgIpc) is 2.50. The van der Waals surface area contributed by atoms with Crippen molar-refractivity contribution in [2.75, 3.05) is 0 Å². The first kappa shape index (κ1) is 10.3. The average molecular weight is 207 g/mol. The third-order valence-electron chi connectivity index (χ3n) is 3.74. The lowest BCUT2D eigenvalue weighted by Crippen LogP contribution is -2.03. The van der Waals surface area contributed by atoms with Crippen molar-refractivity contribution in [2.24, 2.45) is 11.3 Å². The van der Waals surface area contributed by atoms with E-state index in [-0.39, 0.29) is 17.3 Å². The number of carboxylic acid groups (broad SMARTS) is 1. The molecule has 1 aliphatic carbocycles. The van der Waals surface area contributed by atoms with Crippen LogP contribution in [-0.4, -0.2) is 16.1 Å². The Bertz CT molecular complexity index is 398. The second kappa shape index (κ2) is 2.87. The van der Waals surface area contributed by atoms with Gasteiger partial charge in [0.15, 0.2) is 0 Å². The second-order valence-electron chi connectivity index (χ2n) is 5.13. The number of H-pyrrole nitrogens is 1. The number of aromatic nitrogens is 1. The largest absolute Gasteiger partial charge is 0.481 e. The van der Waals surface area contributed by atoms with Crippen LogP contribution in [0.3, 0.4) is 0 Å². The summed E-state index contributed by atoms with van der Waals surface area (Å²) in [6.45, 7) is 8.10. The molecule has 1 aromatic heterocycles. The van der Waals surface area contributed by atoms with E-state index in [4.69, 9.17) is 5.11 Å². The minimum atomic E-state index is -0.676. The normalized spacial score (nSPS) is 27.7. The van der Waals surface area contributed by atoms with Crippen molar-refractivity contribution in [2.45, 2.75) is 33.6 Å². The molecular weight excluding hydrogens is 190 g/mol. The molecule has 3 nitrogen and oxygen atoms in total. The van der Waals surface area contributed by atoms with Crippen LogP contribution >= 0.6 is 0 Å². The van der Waals surface area contributed by atoms with Crippen molar-refractivity contribution in [1.29, 1.82) is 0 Å². The molecule has 0 saturated heterocycles. The predicted octanol–water partition coefficient (Wildman–Crippen LogP) is 2.46. The van der Waals surface area contributed by atoms with E-state index in [2.05, 4.69) is 4.98 Å². The maximum Gasteiger partial charge on any atom is 0.307 e. The molecule has 0 spiro atoms. The number of aromatic amines is 1. The highest BCUT2D eigenvalue weighted by Gasteiger charge is 2.63. The van der Waals surface area contributed by atoms with Crippen LogP contribution in [0.1, 0.15) is 36.6 Å². The zero-order valence-electron chi connectivity index (χ0n) is 9.59. The van der Waals surface area contributed by atoms with Gasteiger partial charge in [-0.1, -0.05) is 13.8 Å². The maximum atomic E-state index is 11.1. The van der Waals surface area contributed by atoms with E-state index in [0.29, 0.717) is 0 Å². The van der Waals surface area contributed by atoms with Gasteiger partial charge in [-0.15, -0.1) is 0 Å². The summed E-state index contributed by atoms with van der Waals surface area (Å²) in [6, 6.07) is 0. The lowest BCUT2D eigenvalue weighted by molar-refractivity contribution is -0.139. The standard InChI is InChI=1S/C12H17NO2/c1-6-5-13-7(2)8(6)9-10(11(14)15)12(9,3)4/h5,9-10,13H,1-4H3,(H,14,15)/t9-,10+/m0/s1. The number of hydrogen-bond donors (Lipinski definition) is 2. The van der Waals surface area contributed by atoms with E-state index in [9.17, 15) is 4.79 Å². The third-order valence-corrected chi connectivity index (χ3v) is 3.74. The quantitative estimate of drug-likeness (QED) is 0.782. The summed E-state index contributed by atoms with van der Waals surface area (Å²) in [6.07, 6.45) is 1.96. The molecule has 0 aromatic carbocycles. The fourth-order valence-electron chi connectivity index (χ4n) is 2.78. The summed E-state index contributed by atoms with van der Waals surface area (Å²) >= 11 is 0. The minimum Gasteiger partial charge on any atom is -0.481 e. The first-order valence-electron chi connectivity index (χ1n) is 5.24. The first-order chi connectivity index (χ1) is 6.87. The minimum absolute atomic E-state index is 0.108. The molecule has 0 radical (unpaired) electrons. The van der Waals surface area contributed by atoms with E-state index < -0.39 is 5.97 Å². The molecule has 1 saturated carbocycles. The number of carboxylic acids is 1. The van der Waals surface area contributed by atoms with Gasteiger partial charge >= 0.3 is 5.97 Å². The molecule has 82 valence electrons. The molecule has 0 unspecified atom stereocenters. The Hall–Kier alpha value is -1.25. The van der Waals surface area contributed by atoms with Crippen LogP contribution in [0.15, 0.2) is 6.20 Å². The summed E-state index contributed by atoms with van der Waals surface area (Å²) in [5.41, 5.74) is 3.37. The zero-order valence-corrected chi connectivity index (χ0v) is 9.59. The van der Waals surface area contributed by atoms with E-state index in [1.807, 2.05) is 33.9 Å². The van der Waals surface area contributed by atoms with Gasteiger partial charge in [0.1, 0.15) is 0 Å². The molecule has 0 bridgehead atoms. The highest BCUT2D eigenvalue weighted by atomic mass is 16.4. The monoisotopic (exact) mass is 207 g/mol. The van der Waals surface area contributed by atoms with Gasteiger partial charge in [0, 0.05) is 17.8 Å². The Morgan fingerprint density at radius 2 is 2.07 bits per heavy atom. The Balaban J connectivity index is 2.39. The van der Waals surface area contributed by atoms with Crippen LogP contribution in [0.5, 0.6) is 0 Å². The van der Waals surface area contributed by atoms with Crippen molar-refractivity contribution in [3.8, 4) is 0 Å². The fraction of sp³-hybridized carbons (Fsp3) is 0.583. The number of aryl methyl sites for hydroxylation is 2. The van der Waals surface area contributed by atoms with Gasteiger partial charge in [-0.25, -0.2) is 0 Å². The number of aliphatic carboxylic acids is 1. The molecule has 3 heteroatoms. The molecule has 15 heavy (non-hydrogen) atoms. The molecule has 0 amide bonds. The summed E-state index contributed by atoms with van der Waals surface area (Å²) in [5, 5.41) is 9.13. The SMILES string of the molecule is Cc1c[nH]c(C)c1[C@H]1[C@H](C(=O)O)C1(C)C. The van der Waals surface area contributed by atoms with Gasteiger partial charge in [0.2, 0.25) is 0 Å². The van der Waals surface area contributed by atoms with Gasteiger partial charge in [-0.3, -0.25) is 4.79 Å². The second-order valence-corrected chi connectivity index (χ2v) is 5.13. The van der Waals surface area contributed by atoms with Crippen LogP contribution in [0, 0.1) is 25.2 Å².